The number of hydrogen-bond acceptors (Lipinski definition) is 8. The van der Waals surface area contributed by atoms with Gasteiger partial charge in [0.1, 0.15) is 5.69 Å². The van der Waals surface area contributed by atoms with Crippen molar-refractivity contribution in [2.75, 3.05) is 11.6 Å². The monoisotopic (exact) mass is 324 g/mol. The minimum atomic E-state index is -2.97. The van der Waals surface area contributed by atoms with Crippen LogP contribution in [0.2, 0.25) is 0 Å². The zero-order chi connectivity index (χ0) is 15.3. The van der Waals surface area contributed by atoms with Crippen LogP contribution >= 0.6 is 8.03 Å². The van der Waals surface area contributed by atoms with Gasteiger partial charge < -0.3 is 9.46 Å². The Labute approximate surface area is 141 Å². The van der Waals surface area contributed by atoms with E-state index in [9.17, 15) is 29.7 Å². The van der Waals surface area contributed by atoms with Crippen molar-refractivity contribution < 1.29 is 48.9 Å². The summed E-state index contributed by atoms with van der Waals surface area (Å²) in [6.07, 6.45) is -0.252. The van der Waals surface area contributed by atoms with Gasteiger partial charge in [0.15, 0.2) is 0 Å². The molecule has 1 unspecified atom stereocenters. The van der Waals surface area contributed by atoms with E-state index in [4.69, 9.17) is 0 Å². The third-order valence-electron chi connectivity index (χ3n) is 2.16. The van der Waals surface area contributed by atoms with Crippen LogP contribution in [-0.2, 0) is 4.57 Å². The van der Waals surface area contributed by atoms with E-state index >= 15 is 0 Å². The van der Waals surface area contributed by atoms with Crippen molar-refractivity contribution in [2.24, 2.45) is 5.10 Å². The van der Waals surface area contributed by atoms with Gasteiger partial charge in [-0.25, -0.2) is 0 Å². The van der Waals surface area contributed by atoms with E-state index in [0.29, 0.717) is 0 Å². The van der Waals surface area contributed by atoms with Crippen molar-refractivity contribution in [3.05, 3.63) is 38.4 Å². The van der Waals surface area contributed by atoms with E-state index in [1.807, 2.05) is 0 Å². The summed E-state index contributed by atoms with van der Waals surface area (Å²) in [6, 6.07) is 3.01. The molecule has 0 saturated heterocycles. The van der Waals surface area contributed by atoms with E-state index < -0.39 is 29.2 Å². The molecular formula is C9H10N4NaO6P. The first-order valence-electron chi connectivity index (χ1n) is 5.23. The van der Waals surface area contributed by atoms with Gasteiger partial charge in [-0.2, -0.15) is 5.10 Å². The number of nitrogens with one attached hydrogen (secondary N) is 1. The van der Waals surface area contributed by atoms with E-state index in [2.05, 4.69) is 10.5 Å². The van der Waals surface area contributed by atoms with Crippen LogP contribution in [0.5, 0.6) is 0 Å². The van der Waals surface area contributed by atoms with E-state index in [1.54, 1.807) is 0 Å². The number of hydrazone groups is 1. The maximum Gasteiger partial charge on any atom is 1.00 e. The Morgan fingerprint density at radius 3 is 2.43 bits per heavy atom. The Bertz CT molecular complexity index is 608. The molecule has 1 atom stereocenters. The molecule has 0 aliphatic rings. The molecule has 21 heavy (non-hydrogen) atoms. The number of hydrogen-bond donors (Lipinski definition) is 1. The summed E-state index contributed by atoms with van der Waals surface area (Å²) in [7, 11) is -2.97. The Hall–Kier alpha value is -1.32. The Kier molecular flexibility index (Phi) is 8.30. The molecule has 1 rings (SSSR count). The van der Waals surface area contributed by atoms with Crippen molar-refractivity contribution in [2.45, 2.75) is 6.92 Å². The molecular weight excluding hydrogens is 314 g/mol. The topological polar surface area (TPSA) is 151 Å². The minimum absolute atomic E-state index is 0. The maximum absolute atomic E-state index is 10.8. The normalized spacial score (nSPS) is 12.2. The first kappa shape index (κ1) is 19.7. The average Bonchev–Trinajstić information content (AvgIpc) is 2.35. The molecule has 108 valence electrons. The third-order valence-corrected chi connectivity index (χ3v) is 2.96. The summed E-state index contributed by atoms with van der Waals surface area (Å²) in [5.74, 6) is 0. The van der Waals surface area contributed by atoms with Crippen molar-refractivity contribution in [3.8, 4) is 0 Å². The maximum atomic E-state index is 10.8. The smallest absolute Gasteiger partial charge is 0.801 e. The number of rotatable bonds is 6. The molecule has 0 heterocycles. The molecule has 0 radical (unpaired) electrons. The molecule has 0 bridgehead atoms. The van der Waals surface area contributed by atoms with Crippen LogP contribution in [0.15, 0.2) is 23.3 Å². The van der Waals surface area contributed by atoms with Crippen molar-refractivity contribution in [3.63, 3.8) is 0 Å². The van der Waals surface area contributed by atoms with Gasteiger partial charge in [-0.15, -0.1) is 0 Å². The molecule has 0 saturated carbocycles. The number of benzene rings is 1. The molecule has 12 heteroatoms. The summed E-state index contributed by atoms with van der Waals surface area (Å²) >= 11 is 0. The number of non-ortho nitro benzene ring substituents is 1. The van der Waals surface area contributed by atoms with Crippen LogP contribution in [0.3, 0.4) is 0 Å². The van der Waals surface area contributed by atoms with E-state index in [0.717, 1.165) is 18.2 Å². The molecule has 10 nitrogen and oxygen atoms in total. The van der Waals surface area contributed by atoms with Crippen LogP contribution in [0.25, 0.3) is 0 Å². The molecule has 0 aliphatic carbocycles. The standard InChI is InChI=1S/C9H11N4O6P.Na/c1-6(5-20(18)19)10-11-8-3-2-7(12(14)15)4-9(8)13(16)17;/h2-4,11,20H,5H2,1H3,(H,18,19);/q;+1/p-1/b10-6+;. The molecule has 0 aromatic heterocycles. The van der Waals surface area contributed by atoms with Crippen LogP contribution in [0, 0.1) is 20.2 Å². The van der Waals surface area contributed by atoms with Gasteiger partial charge in [-0.05, 0) is 13.0 Å². The average molecular weight is 324 g/mol. The molecule has 1 N–H and O–H groups in total. The SMILES string of the molecule is C/C(C[PH](=O)[O-])=N\Nc1ccc([N+](=O)[O-])cc1[N+](=O)[O-].[Na+]. The van der Waals surface area contributed by atoms with Gasteiger partial charge in [0.05, 0.1) is 15.9 Å². The summed E-state index contributed by atoms with van der Waals surface area (Å²) in [5, 5.41) is 25.0. The molecule has 0 amide bonds. The van der Waals surface area contributed by atoms with Gasteiger partial charge in [0.25, 0.3) is 5.69 Å². The van der Waals surface area contributed by atoms with Crippen molar-refractivity contribution >= 4 is 30.8 Å². The number of nitro benzene ring substituents is 2. The van der Waals surface area contributed by atoms with E-state index in [1.165, 1.54) is 6.92 Å². The fourth-order valence-corrected chi connectivity index (χ4v) is 1.78. The Balaban J connectivity index is 0.00000400. The van der Waals surface area contributed by atoms with Gasteiger partial charge >= 0.3 is 35.2 Å². The van der Waals surface area contributed by atoms with Gasteiger partial charge in [-0.1, -0.05) is 0 Å². The quantitative estimate of drug-likeness (QED) is 0.211. The predicted molar refractivity (Wildman–Crippen MR) is 70.4 cm³/mol. The Morgan fingerprint density at radius 2 is 1.95 bits per heavy atom. The summed E-state index contributed by atoms with van der Waals surface area (Å²) < 4.78 is 10.5. The minimum Gasteiger partial charge on any atom is -0.801 e. The second-order valence-corrected chi connectivity index (χ2v) is 4.82. The van der Waals surface area contributed by atoms with Crippen molar-refractivity contribution in [1.82, 2.24) is 0 Å². The van der Waals surface area contributed by atoms with Gasteiger partial charge in [0, 0.05) is 26.0 Å². The fourth-order valence-electron chi connectivity index (χ4n) is 1.28. The molecule has 0 fully saturated rings. The number of nitrogens with zero attached hydrogens (tertiary/aromatic N) is 3. The van der Waals surface area contributed by atoms with E-state index in [-0.39, 0.29) is 47.1 Å². The zero-order valence-corrected chi connectivity index (χ0v) is 14.2. The number of nitro groups is 2. The molecule has 1 aromatic rings. The molecule has 1 aromatic carbocycles. The van der Waals surface area contributed by atoms with Crippen LogP contribution in [0.4, 0.5) is 17.1 Å². The predicted octanol–water partition coefficient (Wildman–Crippen LogP) is -1.87. The second kappa shape index (κ2) is 8.85. The molecule has 0 spiro atoms. The Morgan fingerprint density at radius 1 is 1.33 bits per heavy atom. The van der Waals surface area contributed by atoms with Crippen LogP contribution in [-0.4, -0.2) is 21.7 Å². The van der Waals surface area contributed by atoms with Crippen molar-refractivity contribution in [1.29, 1.82) is 0 Å². The second-order valence-electron chi connectivity index (χ2n) is 3.72. The zero-order valence-electron chi connectivity index (χ0n) is 11.2. The van der Waals surface area contributed by atoms with Gasteiger partial charge in [0.2, 0.25) is 0 Å². The first-order valence-corrected chi connectivity index (χ1v) is 6.75. The fraction of sp³-hybridized carbons (Fsp3) is 0.222. The number of anilines is 1. The summed E-state index contributed by atoms with van der Waals surface area (Å²) in [5.41, 5.74) is 1.54. The summed E-state index contributed by atoms with van der Waals surface area (Å²) in [6.45, 7) is 1.44. The molecule has 0 aliphatic heterocycles. The van der Waals surface area contributed by atoms with Crippen LogP contribution < -0.4 is 39.9 Å². The first-order chi connectivity index (χ1) is 9.31. The summed E-state index contributed by atoms with van der Waals surface area (Å²) in [4.78, 5) is 30.3. The van der Waals surface area contributed by atoms with Gasteiger partial charge in [-0.3, -0.25) is 25.7 Å². The van der Waals surface area contributed by atoms with Crippen LogP contribution in [0.1, 0.15) is 6.92 Å². The third kappa shape index (κ3) is 6.32. The largest absolute Gasteiger partial charge is 1.00 e.